The van der Waals surface area contributed by atoms with Crippen LogP contribution in [0.1, 0.15) is 22.5 Å². The normalized spacial score (nSPS) is 17.3. The van der Waals surface area contributed by atoms with Crippen LogP contribution in [0.5, 0.6) is 0 Å². The summed E-state index contributed by atoms with van der Waals surface area (Å²) in [5.74, 6) is -0.00407. The number of thiophene rings is 1. The van der Waals surface area contributed by atoms with Gasteiger partial charge in [0, 0.05) is 23.6 Å². The van der Waals surface area contributed by atoms with Crippen LogP contribution >= 0.6 is 27.3 Å². The van der Waals surface area contributed by atoms with Crippen LogP contribution < -0.4 is 5.32 Å². The Balaban J connectivity index is 1.84. The van der Waals surface area contributed by atoms with Crippen LogP contribution in [0.3, 0.4) is 0 Å². The number of nitriles is 1. The molecule has 0 saturated carbocycles. The van der Waals surface area contributed by atoms with Crippen LogP contribution in [0.2, 0.25) is 0 Å². The molecule has 6 heteroatoms. The minimum atomic E-state index is -0.00407. The van der Waals surface area contributed by atoms with Gasteiger partial charge in [-0.1, -0.05) is 0 Å². The molecule has 1 aliphatic rings. The van der Waals surface area contributed by atoms with E-state index in [4.69, 9.17) is 5.26 Å². The highest BCUT2D eigenvalue weighted by Gasteiger charge is 2.21. The second kappa shape index (κ2) is 6.32. The lowest BCUT2D eigenvalue weighted by Gasteiger charge is -2.30. The molecule has 2 rings (SSSR count). The summed E-state index contributed by atoms with van der Waals surface area (Å²) in [5.41, 5.74) is 0. The maximum absolute atomic E-state index is 12.0. The van der Waals surface area contributed by atoms with E-state index < -0.39 is 0 Å². The van der Waals surface area contributed by atoms with Gasteiger partial charge in [0.05, 0.1) is 12.6 Å². The molecule has 4 nitrogen and oxygen atoms in total. The van der Waals surface area contributed by atoms with Crippen LogP contribution in [0.15, 0.2) is 15.9 Å². The van der Waals surface area contributed by atoms with Crippen molar-refractivity contribution in [3.8, 4) is 6.07 Å². The maximum Gasteiger partial charge on any atom is 0.262 e. The van der Waals surface area contributed by atoms with Crippen LogP contribution in [0, 0.1) is 11.3 Å². The molecule has 0 spiro atoms. The van der Waals surface area contributed by atoms with Crippen LogP contribution in [-0.4, -0.2) is 36.5 Å². The fraction of sp³-hybridized carbons (Fsp3) is 0.500. The topological polar surface area (TPSA) is 56.1 Å². The zero-order valence-corrected chi connectivity index (χ0v) is 12.3. The summed E-state index contributed by atoms with van der Waals surface area (Å²) in [6.45, 7) is 2.24. The second-order valence-corrected chi connectivity index (χ2v) is 6.05. The average molecular weight is 328 g/mol. The van der Waals surface area contributed by atoms with E-state index in [0.29, 0.717) is 6.54 Å². The molecule has 18 heavy (non-hydrogen) atoms. The number of amides is 1. The van der Waals surface area contributed by atoms with Crippen molar-refractivity contribution in [3.05, 3.63) is 20.8 Å². The number of hydrogen-bond acceptors (Lipinski definition) is 4. The summed E-state index contributed by atoms with van der Waals surface area (Å²) in [4.78, 5) is 14.9. The lowest BCUT2D eigenvalue weighted by atomic mass is 10.1. The Morgan fingerprint density at radius 3 is 2.89 bits per heavy atom. The highest BCUT2D eigenvalue weighted by Crippen LogP contribution is 2.23. The van der Waals surface area contributed by atoms with E-state index in [2.05, 4.69) is 32.2 Å². The maximum atomic E-state index is 12.0. The molecule has 1 fully saturated rings. The molecule has 1 N–H and O–H groups in total. The molecule has 0 bridgehead atoms. The first-order valence-corrected chi connectivity index (χ1v) is 7.51. The molecule has 0 aromatic carbocycles. The van der Waals surface area contributed by atoms with Gasteiger partial charge in [0.15, 0.2) is 0 Å². The summed E-state index contributed by atoms with van der Waals surface area (Å²) in [7, 11) is 0. The molecule has 0 radical (unpaired) electrons. The molecule has 1 aromatic heterocycles. The Kier molecular flexibility index (Phi) is 4.75. The Morgan fingerprint density at radius 1 is 1.61 bits per heavy atom. The smallest absolute Gasteiger partial charge is 0.262 e. The van der Waals surface area contributed by atoms with Crippen molar-refractivity contribution in [2.24, 2.45) is 0 Å². The Morgan fingerprint density at radius 2 is 2.33 bits per heavy atom. The van der Waals surface area contributed by atoms with Crippen molar-refractivity contribution in [2.75, 3.05) is 19.6 Å². The minimum absolute atomic E-state index is 0.00407. The summed E-state index contributed by atoms with van der Waals surface area (Å²) in [5, 5.41) is 13.6. The Labute approximate surface area is 119 Å². The number of halogens is 1. The monoisotopic (exact) mass is 327 g/mol. The predicted molar refractivity (Wildman–Crippen MR) is 74.6 cm³/mol. The van der Waals surface area contributed by atoms with E-state index >= 15 is 0 Å². The largest absolute Gasteiger partial charge is 0.348 e. The predicted octanol–water partition coefficient (Wildman–Crippen LogP) is 2.23. The van der Waals surface area contributed by atoms with E-state index in [9.17, 15) is 4.79 Å². The molecule has 1 amide bonds. The summed E-state index contributed by atoms with van der Waals surface area (Å²) < 4.78 is 0.854. The van der Waals surface area contributed by atoms with E-state index in [-0.39, 0.29) is 11.9 Å². The number of carbonyl (C=O) groups excluding carboxylic acids is 1. The number of likely N-dealkylation sites (tertiary alicyclic amines) is 1. The first-order chi connectivity index (χ1) is 8.70. The number of nitrogens with one attached hydrogen (secondary N) is 1. The van der Waals surface area contributed by atoms with Gasteiger partial charge in [-0.05, 0) is 40.2 Å². The summed E-state index contributed by atoms with van der Waals surface area (Å²) in [6.07, 6.45) is 1.83. The molecule has 2 heterocycles. The Bertz CT molecular complexity index is 460. The van der Waals surface area contributed by atoms with E-state index in [1.807, 2.05) is 11.4 Å². The molecule has 0 unspecified atom stereocenters. The molecule has 0 aliphatic carbocycles. The third-order valence-corrected chi connectivity index (χ3v) is 4.88. The second-order valence-electron chi connectivity index (χ2n) is 4.28. The molecular formula is C12H14BrN3OS. The van der Waals surface area contributed by atoms with Gasteiger partial charge < -0.3 is 5.32 Å². The first kappa shape index (κ1) is 13.5. The van der Waals surface area contributed by atoms with E-state index in [0.717, 1.165) is 35.3 Å². The van der Waals surface area contributed by atoms with E-state index in [1.165, 1.54) is 11.3 Å². The van der Waals surface area contributed by atoms with Gasteiger partial charge in [-0.25, -0.2) is 0 Å². The van der Waals surface area contributed by atoms with Crippen molar-refractivity contribution in [2.45, 2.75) is 18.9 Å². The molecule has 1 aliphatic heterocycles. The van der Waals surface area contributed by atoms with E-state index in [1.54, 1.807) is 0 Å². The van der Waals surface area contributed by atoms with Crippen LogP contribution in [0.25, 0.3) is 0 Å². The quantitative estimate of drug-likeness (QED) is 0.866. The van der Waals surface area contributed by atoms with Gasteiger partial charge in [0.2, 0.25) is 0 Å². The van der Waals surface area contributed by atoms with Crippen LogP contribution in [-0.2, 0) is 0 Å². The lowest BCUT2D eigenvalue weighted by molar-refractivity contribution is 0.0918. The fourth-order valence-corrected chi connectivity index (χ4v) is 3.50. The molecule has 1 saturated heterocycles. The lowest BCUT2D eigenvalue weighted by Crippen LogP contribution is -2.44. The molecule has 96 valence electrons. The highest BCUT2D eigenvalue weighted by atomic mass is 79.9. The van der Waals surface area contributed by atoms with Crippen molar-refractivity contribution >= 4 is 33.2 Å². The van der Waals surface area contributed by atoms with Gasteiger partial charge >= 0.3 is 0 Å². The van der Waals surface area contributed by atoms with Crippen molar-refractivity contribution in [3.63, 3.8) is 0 Å². The zero-order chi connectivity index (χ0) is 13.0. The fourth-order valence-electron chi connectivity index (χ4n) is 2.04. The molecular weight excluding hydrogens is 314 g/mol. The molecule has 1 aromatic rings. The van der Waals surface area contributed by atoms with Gasteiger partial charge in [-0.15, -0.1) is 11.3 Å². The van der Waals surface area contributed by atoms with Crippen molar-refractivity contribution in [1.29, 1.82) is 5.26 Å². The van der Waals surface area contributed by atoms with Gasteiger partial charge in [0.1, 0.15) is 4.88 Å². The first-order valence-electron chi connectivity index (χ1n) is 5.84. The third kappa shape index (κ3) is 3.31. The summed E-state index contributed by atoms with van der Waals surface area (Å²) >= 11 is 4.81. The van der Waals surface area contributed by atoms with Crippen molar-refractivity contribution in [1.82, 2.24) is 10.2 Å². The number of rotatable bonds is 3. The zero-order valence-electron chi connectivity index (χ0n) is 9.86. The SMILES string of the molecule is N#CCN1CCC(NC(=O)c2sccc2Br)CC1. The standard InChI is InChI=1S/C12H14BrN3OS/c13-10-3-8-18-11(10)12(17)15-9-1-5-16(6-2-9)7-4-14/h3,8-9H,1-2,5-7H2,(H,15,17). The van der Waals surface area contributed by atoms with Crippen molar-refractivity contribution < 1.29 is 4.79 Å². The molecule has 0 atom stereocenters. The van der Waals surface area contributed by atoms with Crippen LogP contribution in [0.4, 0.5) is 0 Å². The number of nitrogens with zero attached hydrogens (tertiary/aromatic N) is 2. The number of hydrogen-bond donors (Lipinski definition) is 1. The average Bonchev–Trinajstić information content (AvgIpc) is 2.78. The number of piperidine rings is 1. The third-order valence-electron chi connectivity index (χ3n) is 3.04. The van der Waals surface area contributed by atoms with Gasteiger partial charge in [-0.3, -0.25) is 9.69 Å². The van der Waals surface area contributed by atoms with Gasteiger partial charge in [-0.2, -0.15) is 5.26 Å². The Hall–Kier alpha value is -0.900. The summed E-state index contributed by atoms with van der Waals surface area (Å²) in [6, 6.07) is 4.26. The minimum Gasteiger partial charge on any atom is -0.348 e. The highest BCUT2D eigenvalue weighted by molar-refractivity contribution is 9.10. The number of carbonyl (C=O) groups is 1. The van der Waals surface area contributed by atoms with Gasteiger partial charge in [0.25, 0.3) is 5.91 Å².